The highest BCUT2D eigenvalue weighted by Gasteiger charge is 2.23. The third kappa shape index (κ3) is 5.01. The van der Waals surface area contributed by atoms with E-state index in [0.717, 1.165) is 19.4 Å². The molecular weight excluding hydrogens is 362 g/mol. The second-order valence-corrected chi connectivity index (χ2v) is 7.23. The van der Waals surface area contributed by atoms with Crippen molar-refractivity contribution in [3.05, 3.63) is 59.1 Å². The Bertz CT molecular complexity index is 807. The number of likely N-dealkylation sites (tertiary alicyclic amines) is 1. The summed E-state index contributed by atoms with van der Waals surface area (Å²) in [6.07, 6.45) is 3.27. The van der Waals surface area contributed by atoms with E-state index in [9.17, 15) is 9.59 Å². The van der Waals surface area contributed by atoms with E-state index in [2.05, 4.69) is 17.6 Å². The first-order chi connectivity index (χ1) is 13.0. The number of amides is 2. The van der Waals surface area contributed by atoms with Crippen molar-refractivity contribution in [1.29, 1.82) is 0 Å². The molecule has 0 aromatic heterocycles. The molecule has 1 unspecified atom stereocenters. The van der Waals surface area contributed by atoms with Gasteiger partial charge >= 0.3 is 0 Å². The number of carbonyl (C=O) groups excluding carboxylic acids is 2. The van der Waals surface area contributed by atoms with Crippen molar-refractivity contribution in [2.45, 2.75) is 32.2 Å². The van der Waals surface area contributed by atoms with Gasteiger partial charge in [-0.15, -0.1) is 0 Å². The van der Waals surface area contributed by atoms with Crippen LogP contribution in [0.15, 0.2) is 48.5 Å². The number of rotatable bonds is 5. The van der Waals surface area contributed by atoms with Crippen molar-refractivity contribution in [1.82, 2.24) is 4.90 Å². The van der Waals surface area contributed by atoms with Crippen LogP contribution in [0.4, 0.5) is 11.4 Å². The SMILES string of the molecule is CC1CCCCN1C(=O)CNc1ccccc1C(=O)Nc1ccc(Cl)cc1. The standard InChI is InChI=1S/C21H24ClN3O2/c1-15-6-4-5-13-25(15)20(26)14-23-19-8-3-2-7-18(19)21(27)24-17-11-9-16(22)10-12-17/h2-3,7-12,15,23H,4-6,13-14H2,1H3,(H,24,27). The average molecular weight is 386 g/mol. The number of hydrogen-bond acceptors (Lipinski definition) is 3. The summed E-state index contributed by atoms with van der Waals surface area (Å²) in [5, 5.41) is 6.60. The minimum atomic E-state index is -0.237. The molecule has 0 bridgehead atoms. The molecule has 27 heavy (non-hydrogen) atoms. The molecule has 0 aliphatic carbocycles. The van der Waals surface area contributed by atoms with Crippen molar-refractivity contribution in [2.24, 2.45) is 0 Å². The van der Waals surface area contributed by atoms with E-state index in [-0.39, 0.29) is 24.4 Å². The number of para-hydroxylation sites is 1. The Morgan fingerprint density at radius 2 is 1.85 bits per heavy atom. The summed E-state index contributed by atoms with van der Waals surface area (Å²) in [6, 6.07) is 14.4. The van der Waals surface area contributed by atoms with Gasteiger partial charge in [-0.25, -0.2) is 0 Å². The summed E-state index contributed by atoms with van der Waals surface area (Å²) in [4.78, 5) is 27.1. The van der Waals surface area contributed by atoms with Gasteiger partial charge in [0.25, 0.3) is 5.91 Å². The topological polar surface area (TPSA) is 61.4 Å². The predicted octanol–water partition coefficient (Wildman–Crippen LogP) is 4.41. The maximum atomic E-state index is 12.6. The van der Waals surface area contributed by atoms with Crippen LogP contribution in [0.2, 0.25) is 5.02 Å². The fraction of sp³-hybridized carbons (Fsp3) is 0.333. The van der Waals surface area contributed by atoms with Crippen LogP contribution < -0.4 is 10.6 Å². The third-order valence-electron chi connectivity index (χ3n) is 4.83. The predicted molar refractivity (Wildman–Crippen MR) is 109 cm³/mol. The highest BCUT2D eigenvalue weighted by atomic mass is 35.5. The molecule has 0 saturated carbocycles. The molecule has 1 fully saturated rings. The first kappa shape index (κ1) is 19.2. The lowest BCUT2D eigenvalue weighted by atomic mass is 10.0. The maximum absolute atomic E-state index is 12.6. The number of halogens is 1. The van der Waals surface area contributed by atoms with Gasteiger partial charge in [0.2, 0.25) is 5.91 Å². The smallest absolute Gasteiger partial charge is 0.257 e. The second kappa shape index (κ2) is 8.91. The number of nitrogens with one attached hydrogen (secondary N) is 2. The number of carbonyl (C=O) groups is 2. The van der Waals surface area contributed by atoms with E-state index in [4.69, 9.17) is 11.6 Å². The van der Waals surface area contributed by atoms with Crippen molar-refractivity contribution in [3.63, 3.8) is 0 Å². The van der Waals surface area contributed by atoms with Crippen LogP contribution in [0, 0.1) is 0 Å². The van der Waals surface area contributed by atoms with E-state index in [1.165, 1.54) is 6.42 Å². The lowest BCUT2D eigenvalue weighted by Crippen LogP contribution is -2.44. The van der Waals surface area contributed by atoms with Crippen molar-refractivity contribution in [2.75, 3.05) is 23.7 Å². The van der Waals surface area contributed by atoms with E-state index >= 15 is 0 Å². The molecule has 5 nitrogen and oxygen atoms in total. The lowest BCUT2D eigenvalue weighted by Gasteiger charge is -2.33. The van der Waals surface area contributed by atoms with Crippen molar-refractivity contribution in [3.8, 4) is 0 Å². The Hall–Kier alpha value is -2.53. The normalized spacial score (nSPS) is 16.7. The molecule has 2 amide bonds. The van der Waals surface area contributed by atoms with Crippen LogP contribution in [-0.4, -0.2) is 35.8 Å². The molecule has 2 aromatic rings. The molecular formula is C21H24ClN3O2. The highest BCUT2D eigenvalue weighted by Crippen LogP contribution is 2.20. The molecule has 1 aliphatic heterocycles. The number of nitrogens with zero attached hydrogens (tertiary/aromatic N) is 1. The quantitative estimate of drug-likeness (QED) is 0.801. The molecule has 1 saturated heterocycles. The van der Waals surface area contributed by atoms with E-state index in [1.807, 2.05) is 17.0 Å². The molecule has 1 aliphatic rings. The molecule has 142 valence electrons. The van der Waals surface area contributed by atoms with Gasteiger partial charge in [0.15, 0.2) is 0 Å². The molecule has 2 aromatic carbocycles. The van der Waals surface area contributed by atoms with Gasteiger partial charge < -0.3 is 15.5 Å². The molecule has 3 rings (SSSR count). The van der Waals surface area contributed by atoms with Crippen molar-refractivity contribution >= 4 is 34.8 Å². The van der Waals surface area contributed by atoms with Gasteiger partial charge in [-0.2, -0.15) is 0 Å². The van der Waals surface area contributed by atoms with Crippen LogP contribution in [0.5, 0.6) is 0 Å². The number of piperidine rings is 1. The minimum absolute atomic E-state index is 0.0649. The zero-order valence-electron chi connectivity index (χ0n) is 15.4. The second-order valence-electron chi connectivity index (χ2n) is 6.79. The molecule has 0 spiro atoms. The van der Waals surface area contributed by atoms with Crippen LogP contribution in [0.3, 0.4) is 0 Å². The fourth-order valence-electron chi connectivity index (χ4n) is 3.31. The number of benzene rings is 2. The Labute approximate surface area is 164 Å². The Morgan fingerprint density at radius 3 is 2.59 bits per heavy atom. The summed E-state index contributed by atoms with van der Waals surface area (Å²) < 4.78 is 0. The Kier molecular flexibility index (Phi) is 6.35. The zero-order chi connectivity index (χ0) is 19.2. The van der Waals surface area contributed by atoms with Crippen LogP contribution in [0.25, 0.3) is 0 Å². The summed E-state index contributed by atoms with van der Waals surface area (Å²) in [7, 11) is 0. The molecule has 6 heteroatoms. The first-order valence-corrected chi connectivity index (χ1v) is 9.61. The Balaban J connectivity index is 1.65. The lowest BCUT2D eigenvalue weighted by molar-refractivity contribution is -0.132. The molecule has 1 atom stereocenters. The van der Waals surface area contributed by atoms with E-state index in [1.54, 1.807) is 36.4 Å². The summed E-state index contributed by atoms with van der Waals surface area (Å²) in [5.74, 6) is -0.172. The highest BCUT2D eigenvalue weighted by molar-refractivity contribution is 6.30. The molecule has 1 heterocycles. The molecule has 0 radical (unpaired) electrons. The van der Waals surface area contributed by atoms with Gasteiger partial charge in [-0.05, 0) is 62.6 Å². The van der Waals surface area contributed by atoms with Gasteiger partial charge in [0, 0.05) is 29.0 Å². The maximum Gasteiger partial charge on any atom is 0.257 e. The Morgan fingerprint density at radius 1 is 1.11 bits per heavy atom. The third-order valence-corrected chi connectivity index (χ3v) is 5.08. The monoisotopic (exact) mass is 385 g/mol. The van der Waals surface area contributed by atoms with E-state index in [0.29, 0.717) is 22.0 Å². The van der Waals surface area contributed by atoms with Gasteiger partial charge in [0.05, 0.1) is 12.1 Å². The summed E-state index contributed by atoms with van der Waals surface area (Å²) in [5.41, 5.74) is 1.80. The van der Waals surface area contributed by atoms with E-state index < -0.39 is 0 Å². The largest absolute Gasteiger partial charge is 0.376 e. The number of anilines is 2. The zero-order valence-corrected chi connectivity index (χ0v) is 16.1. The molecule has 2 N–H and O–H groups in total. The van der Waals surface area contributed by atoms with Gasteiger partial charge in [0.1, 0.15) is 0 Å². The first-order valence-electron chi connectivity index (χ1n) is 9.24. The van der Waals surface area contributed by atoms with Crippen molar-refractivity contribution < 1.29 is 9.59 Å². The number of hydrogen-bond donors (Lipinski definition) is 2. The fourth-order valence-corrected chi connectivity index (χ4v) is 3.43. The van der Waals surface area contributed by atoms with Crippen LogP contribution in [0.1, 0.15) is 36.5 Å². The minimum Gasteiger partial charge on any atom is -0.376 e. The summed E-state index contributed by atoms with van der Waals surface area (Å²) >= 11 is 5.88. The van der Waals surface area contributed by atoms with Gasteiger partial charge in [-0.1, -0.05) is 23.7 Å². The van der Waals surface area contributed by atoms with Crippen LogP contribution in [-0.2, 0) is 4.79 Å². The summed E-state index contributed by atoms with van der Waals surface area (Å²) in [6.45, 7) is 3.07. The van der Waals surface area contributed by atoms with Crippen LogP contribution >= 0.6 is 11.6 Å². The van der Waals surface area contributed by atoms with Gasteiger partial charge in [-0.3, -0.25) is 9.59 Å². The average Bonchev–Trinajstić information content (AvgIpc) is 2.68.